The molecule has 0 aliphatic heterocycles. The largest absolute Gasteiger partial charge is 0.444 e. The highest BCUT2D eigenvalue weighted by Crippen LogP contribution is 2.32. The van der Waals surface area contributed by atoms with Crippen LogP contribution in [-0.2, 0) is 15.3 Å². The van der Waals surface area contributed by atoms with E-state index in [4.69, 9.17) is 4.42 Å². The Morgan fingerprint density at radius 2 is 1.86 bits per heavy atom. The summed E-state index contributed by atoms with van der Waals surface area (Å²) in [6.07, 6.45) is 1.52. The molecule has 0 saturated heterocycles. The van der Waals surface area contributed by atoms with E-state index in [1.165, 1.54) is 31.3 Å². The molecule has 0 aliphatic carbocycles. The Kier molecular flexibility index (Phi) is 3.93. The summed E-state index contributed by atoms with van der Waals surface area (Å²) in [6.45, 7) is 7.26. The molecule has 4 nitrogen and oxygen atoms in total. The van der Waals surface area contributed by atoms with Crippen molar-refractivity contribution < 1.29 is 17.2 Å². The summed E-state index contributed by atoms with van der Waals surface area (Å²) in [7, 11) is -3.89. The van der Waals surface area contributed by atoms with Crippen LogP contribution >= 0.6 is 0 Å². The minimum absolute atomic E-state index is 0.0724. The highest BCUT2D eigenvalue weighted by Gasteiger charge is 2.32. The van der Waals surface area contributed by atoms with Crippen molar-refractivity contribution in [2.45, 2.75) is 43.3 Å². The van der Waals surface area contributed by atoms with Crippen LogP contribution in [0.2, 0.25) is 0 Å². The summed E-state index contributed by atoms with van der Waals surface area (Å²) in [6, 6.07) is 5.30. The average Bonchev–Trinajstić information content (AvgIpc) is 2.87. The third-order valence-corrected chi connectivity index (χ3v) is 5.30. The Hall–Kier alpha value is -1.69. The Morgan fingerprint density at radius 1 is 1.24 bits per heavy atom. The van der Waals surface area contributed by atoms with Crippen LogP contribution in [0.1, 0.15) is 44.6 Å². The van der Waals surface area contributed by atoms with Gasteiger partial charge in [-0.25, -0.2) is 17.8 Å². The summed E-state index contributed by atoms with van der Waals surface area (Å²) in [5.41, 5.74) is -0.271. The fourth-order valence-corrected chi connectivity index (χ4v) is 3.18. The molecule has 1 heterocycles. The smallest absolute Gasteiger partial charge is 0.212 e. The summed E-state index contributed by atoms with van der Waals surface area (Å²) < 4.78 is 44.2. The number of rotatable bonds is 3. The molecule has 114 valence electrons. The molecule has 1 unspecified atom stereocenters. The van der Waals surface area contributed by atoms with Crippen LogP contribution in [0.3, 0.4) is 0 Å². The van der Waals surface area contributed by atoms with Crippen molar-refractivity contribution in [2.75, 3.05) is 0 Å². The van der Waals surface area contributed by atoms with Crippen molar-refractivity contribution in [3.63, 3.8) is 0 Å². The monoisotopic (exact) mass is 311 g/mol. The zero-order valence-corrected chi connectivity index (χ0v) is 13.2. The first-order valence-corrected chi connectivity index (χ1v) is 8.13. The van der Waals surface area contributed by atoms with Crippen molar-refractivity contribution in [1.29, 1.82) is 0 Å². The highest BCUT2D eigenvalue weighted by molar-refractivity contribution is 7.91. The van der Waals surface area contributed by atoms with E-state index in [0.29, 0.717) is 5.76 Å². The van der Waals surface area contributed by atoms with Gasteiger partial charge in [-0.05, 0) is 19.1 Å². The number of aromatic nitrogens is 1. The molecule has 1 aromatic carbocycles. The summed E-state index contributed by atoms with van der Waals surface area (Å²) in [4.78, 5) is 3.70. The fourth-order valence-electron chi connectivity index (χ4n) is 1.82. The Bertz CT molecular complexity index is 744. The number of halogens is 1. The number of benzene rings is 1. The molecule has 1 aromatic heterocycles. The second kappa shape index (κ2) is 5.26. The maximum Gasteiger partial charge on any atom is 0.212 e. The van der Waals surface area contributed by atoms with Gasteiger partial charge in [0.05, 0.1) is 6.20 Å². The second-order valence-corrected chi connectivity index (χ2v) is 8.17. The predicted molar refractivity (Wildman–Crippen MR) is 77.2 cm³/mol. The number of hydrogen-bond donors (Lipinski definition) is 0. The maximum absolute atomic E-state index is 13.7. The number of nitrogens with zero attached hydrogens (tertiary/aromatic N) is 1. The molecule has 0 amide bonds. The van der Waals surface area contributed by atoms with E-state index in [1.807, 2.05) is 20.8 Å². The van der Waals surface area contributed by atoms with Gasteiger partial charge >= 0.3 is 0 Å². The van der Waals surface area contributed by atoms with E-state index in [0.717, 1.165) is 6.07 Å². The maximum atomic E-state index is 13.7. The minimum Gasteiger partial charge on any atom is -0.444 e. The molecule has 2 aromatic rings. The summed E-state index contributed by atoms with van der Waals surface area (Å²) >= 11 is 0. The van der Waals surface area contributed by atoms with Crippen LogP contribution in [0.25, 0.3) is 0 Å². The van der Waals surface area contributed by atoms with E-state index < -0.39 is 20.9 Å². The zero-order chi connectivity index (χ0) is 15.8. The molecular formula is C15H18FNO3S. The number of sulfone groups is 1. The predicted octanol–water partition coefficient (Wildman–Crippen LogP) is 3.65. The number of oxazole rings is 1. The van der Waals surface area contributed by atoms with Crippen LogP contribution in [0.4, 0.5) is 4.39 Å². The molecule has 0 N–H and O–H groups in total. The first-order chi connectivity index (χ1) is 9.64. The summed E-state index contributed by atoms with van der Waals surface area (Å²) in [5, 5.41) is -1.05. The summed E-state index contributed by atoms with van der Waals surface area (Å²) in [5.74, 6) is -0.108. The topological polar surface area (TPSA) is 60.2 Å². The first-order valence-electron chi connectivity index (χ1n) is 6.58. The van der Waals surface area contributed by atoms with Gasteiger partial charge in [0.25, 0.3) is 0 Å². The Morgan fingerprint density at radius 3 is 2.38 bits per heavy atom. The quantitative estimate of drug-likeness (QED) is 0.868. The van der Waals surface area contributed by atoms with Crippen LogP contribution in [0.15, 0.2) is 39.8 Å². The van der Waals surface area contributed by atoms with Crippen LogP contribution in [-0.4, -0.2) is 13.4 Å². The van der Waals surface area contributed by atoms with Crippen LogP contribution in [0, 0.1) is 5.82 Å². The van der Waals surface area contributed by atoms with Crippen LogP contribution < -0.4 is 0 Å². The zero-order valence-electron chi connectivity index (χ0n) is 12.4. The molecule has 0 aliphatic rings. The Labute approximate surface area is 123 Å². The lowest BCUT2D eigenvalue weighted by molar-refractivity contribution is 0.380. The Balaban J connectivity index is 2.42. The van der Waals surface area contributed by atoms with Gasteiger partial charge in [-0.15, -0.1) is 0 Å². The molecule has 2 rings (SSSR count). The third kappa shape index (κ3) is 3.00. The van der Waals surface area contributed by atoms with Gasteiger partial charge in [-0.1, -0.05) is 32.9 Å². The van der Waals surface area contributed by atoms with Crippen molar-refractivity contribution in [3.8, 4) is 0 Å². The standard InChI is InChI=1S/C15H18FNO3S/c1-10(14-17-9-13(20-14)15(2,3)4)21(18,19)12-8-6-5-7-11(12)16/h5-10H,1-4H3. The van der Waals surface area contributed by atoms with Gasteiger partial charge in [-0.2, -0.15) is 0 Å². The van der Waals surface area contributed by atoms with E-state index >= 15 is 0 Å². The molecule has 1 atom stereocenters. The van der Waals surface area contributed by atoms with Gasteiger partial charge in [-0.3, -0.25) is 0 Å². The highest BCUT2D eigenvalue weighted by atomic mass is 32.2. The van der Waals surface area contributed by atoms with Crippen molar-refractivity contribution >= 4 is 9.84 Å². The van der Waals surface area contributed by atoms with Gasteiger partial charge < -0.3 is 4.42 Å². The molecule has 0 spiro atoms. The van der Waals surface area contributed by atoms with Crippen LogP contribution in [0.5, 0.6) is 0 Å². The van der Waals surface area contributed by atoms with Crippen molar-refractivity contribution in [2.24, 2.45) is 0 Å². The lowest BCUT2D eigenvalue weighted by Crippen LogP contribution is -2.13. The molecule has 0 bridgehead atoms. The van der Waals surface area contributed by atoms with Gasteiger partial charge in [0.1, 0.15) is 21.7 Å². The van der Waals surface area contributed by atoms with Gasteiger partial charge in [0, 0.05) is 5.41 Å². The number of hydrogen-bond acceptors (Lipinski definition) is 4. The van der Waals surface area contributed by atoms with E-state index in [-0.39, 0.29) is 16.2 Å². The minimum atomic E-state index is -3.89. The molecular weight excluding hydrogens is 293 g/mol. The van der Waals surface area contributed by atoms with Gasteiger partial charge in [0.2, 0.25) is 5.89 Å². The first kappa shape index (κ1) is 15.7. The van der Waals surface area contributed by atoms with Crippen molar-refractivity contribution in [3.05, 3.63) is 47.9 Å². The molecule has 0 saturated carbocycles. The molecule has 0 fully saturated rings. The molecule has 0 radical (unpaired) electrons. The van der Waals surface area contributed by atoms with E-state index in [2.05, 4.69) is 4.98 Å². The fraction of sp³-hybridized carbons (Fsp3) is 0.400. The van der Waals surface area contributed by atoms with E-state index in [1.54, 1.807) is 0 Å². The van der Waals surface area contributed by atoms with Crippen molar-refractivity contribution in [1.82, 2.24) is 4.98 Å². The lowest BCUT2D eigenvalue weighted by atomic mass is 9.94. The molecule has 6 heteroatoms. The van der Waals surface area contributed by atoms with Gasteiger partial charge in [0.15, 0.2) is 9.84 Å². The average molecular weight is 311 g/mol. The molecule has 21 heavy (non-hydrogen) atoms. The third-order valence-electron chi connectivity index (χ3n) is 3.22. The SMILES string of the molecule is CC(c1ncc(C(C)(C)C)o1)S(=O)(=O)c1ccccc1F. The van der Waals surface area contributed by atoms with E-state index in [9.17, 15) is 12.8 Å². The second-order valence-electron chi connectivity index (χ2n) is 5.93. The normalized spacial score (nSPS) is 14.1. The lowest BCUT2D eigenvalue weighted by Gasteiger charge is -2.14.